The summed E-state index contributed by atoms with van der Waals surface area (Å²) in [6, 6.07) is 0. The monoisotopic (exact) mass is 250 g/mol. The molecule has 0 aliphatic heterocycles. The molecule has 0 aromatic carbocycles. The van der Waals surface area contributed by atoms with Crippen LogP contribution in [0.25, 0.3) is 0 Å². The molecule has 1 atom stereocenters. The van der Waals surface area contributed by atoms with Gasteiger partial charge in [0.05, 0.1) is 7.11 Å². The number of hydrogen-bond donors (Lipinski definition) is 0. The predicted octanol–water partition coefficient (Wildman–Crippen LogP) is 2.73. The van der Waals surface area contributed by atoms with Crippen LogP contribution in [0.15, 0.2) is 25.3 Å². The molecule has 0 aliphatic carbocycles. The van der Waals surface area contributed by atoms with Crippen molar-refractivity contribution < 1.29 is 14.3 Å². The average molecular weight is 250 g/mol. The van der Waals surface area contributed by atoms with Crippen molar-refractivity contribution in [1.29, 1.82) is 0 Å². The number of ether oxygens (including phenoxy) is 2. The molecule has 0 aromatic heterocycles. The molecule has 0 amide bonds. The molecule has 0 saturated heterocycles. The highest BCUT2D eigenvalue weighted by Crippen LogP contribution is 2.33. The highest BCUT2D eigenvalue weighted by molar-refractivity contribution is 5.88. The van der Waals surface area contributed by atoms with Gasteiger partial charge in [-0.1, -0.05) is 31.9 Å². The minimum Gasteiger partial charge on any atom is -0.459 e. The second-order valence-corrected chi connectivity index (χ2v) is 4.80. The maximum Gasteiger partial charge on any atom is 0.384 e. The van der Waals surface area contributed by atoms with Crippen molar-refractivity contribution in [3.05, 3.63) is 25.3 Å². The van der Waals surface area contributed by atoms with Gasteiger partial charge in [-0.05, 0) is 11.8 Å². The van der Waals surface area contributed by atoms with E-state index in [9.17, 15) is 4.79 Å². The van der Waals surface area contributed by atoms with Crippen molar-refractivity contribution in [2.45, 2.75) is 32.3 Å². The number of hydrogen-bond acceptors (Lipinski definition) is 3. The van der Waals surface area contributed by atoms with Crippen LogP contribution in [0.1, 0.15) is 26.7 Å². The topological polar surface area (TPSA) is 35.5 Å². The minimum absolute atomic E-state index is 0.149. The van der Waals surface area contributed by atoms with Crippen molar-refractivity contribution in [2.24, 2.45) is 5.41 Å². The number of rotatable bonds is 6. The van der Waals surface area contributed by atoms with E-state index in [4.69, 9.17) is 4.74 Å². The van der Waals surface area contributed by atoms with E-state index in [-0.39, 0.29) is 5.41 Å². The molecule has 0 saturated carbocycles. The highest BCUT2D eigenvalue weighted by Gasteiger charge is 2.33. The fourth-order valence-electron chi connectivity index (χ4n) is 1.63. The maximum atomic E-state index is 11.1. The van der Waals surface area contributed by atoms with Crippen LogP contribution in [0.4, 0.5) is 0 Å². The Morgan fingerprint density at radius 1 is 1.33 bits per heavy atom. The van der Waals surface area contributed by atoms with Gasteiger partial charge in [0.25, 0.3) is 0 Å². The van der Waals surface area contributed by atoms with Gasteiger partial charge in [-0.25, -0.2) is 4.79 Å². The number of allylic oxidation sites excluding steroid dienone is 1. The van der Waals surface area contributed by atoms with Crippen LogP contribution >= 0.6 is 0 Å². The Kier molecular flexibility index (Phi) is 6.43. The molecule has 0 rings (SSSR count). The van der Waals surface area contributed by atoms with Crippen molar-refractivity contribution in [2.75, 3.05) is 14.2 Å². The zero-order valence-electron chi connectivity index (χ0n) is 11.7. The molecule has 1 unspecified atom stereocenters. The van der Waals surface area contributed by atoms with Crippen LogP contribution in [0, 0.1) is 17.3 Å². The molecule has 0 aliphatic rings. The van der Waals surface area contributed by atoms with Crippen molar-refractivity contribution in [3.8, 4) is 11.8 Å². The van der Waals surface area contributed by atoms with E-state index in [0.717, 1.165) is 0 Å². The standard InChI is InChI=1S/C15H22O3/c1-7-10-15(18-6,11-9-13(16)17-5)12-14(3,4)8-2/h7-8H,1-2,10,12H2,3-6H3. The molecule has 0 aromatic rings. The summed E-state index contributed by atoms with van der Waals surface area (Å²) in [5.74, 6) is 4.72. The van der Waals surface area contributed by atoms with E-state index in [1.807, 2.05) is 19.9 Å². The summed E-state index contributed by atoms with van der Waals surface area (Å²) in [4.78, 5) is 11.1. The summed E-state index contributed by atoms with van der Waals surface area (Å²) < 4.78 is 10.0. The molecule has 0 N–H and O–H groups in total. The third-order valence-corrected chi connectivity index (χ3v) is 2.74. The van der Waals surface area contributed by atoms with Gasteiger partial charge in [-0.3, -0.25) is 0 Å². The van der Waals surface area contributed by atoms with Crippen LogP contribution in [-0.4, -0.2) is 25.8 Å². The normalized spacial score (nSPS) is 13.8. The summed E-state index contributed by atoms with van der Waals surface area (Å²) in [6.07, 6.45) is 4.74. The summed E-state index contributed by atoms with van der Waals surface area (Å²) >= 11 is 0. The van der Waals surface area contributed by atoms with E-state index in [1.54, 1.807) is 13.2 Å². The van der Waals surface area contributed by atoms with E-state index in [1.165, 1.54) is 7.11 Å². The Morgan fingerprint density at radius 3 is 2.33 bits per heavy atom. The lowest BCUT2D eigenvalue weighted by Crippen LogP contribution is -2.34. The first kappa shape index (κ1) is 16.5. The zero-order valence-corrected chi connectivity index (χ0v) is 11.7. The Labute approximate surface area is 110 Å². The van der Waals surface area contributed by atoms with Crippen LogP contribution < -0.4 is 0 Å². The molecular formula is C15H22O3. The Balaban J connectivity index is 5.26. The van der Waals surface area contributed by atoms with Crippen LogP contribution in [0.2, 0.25) is 0 Å². The van der Waals surface area contributed by atoms with Gasteiger partial charge in [-0.15, -0.1) is 13.2 Å². The van der Waals surface area contributed by atoms with Crippen LogP contribution in [-0.2, 0) is 14.3 Å². The van der Waals surface area contributed by atoms with Crippen molar-refractivity contribution in [1.82, 2.24) is 0 Å². The lowest BCUT2D eigenvalue weighted by molar-refractivity contribution is -0.133. The lowest BCUT2D eigenvalue weighted by atomic mass is 9.79. The van der Waals surface area contributed by atoms with Gasteiger partial charge in [0.2, 0.25) is 0 Å². The fourth-order valence-corrected chi connectivity index (χ4v) is 1.63. The minimum atomic E-state index is -0.742. The number of methoxy groups -OCH3 is 2. The highest BCUT2D eigenvalue weighted by atomic mass is 16.5. The van der Waals surface area contributed by atoms with E-state index in [2.05, 4.69) is 29.7 Å². The quantitative estimate of drug-likeness (QED) is 0.315. The van der Waals surface area contributed by atoms with Gasteiger partial charge in [-0.2, -0.15) is 0 Å². The smallest absolute Gasteiger partial charge is 0.384 e. The zero-order chi connectivity index (χ0) is 14.2. The van der Waals surface area contributed by atoms with Crippen molar-refractivity contribution in [3.63, 3.8) is 0 Å². The molecule has 100 valence electrons. The van der Waals surface area contributed by atoms with Gasteiger partial charge >= 0.3 is 5.97 Å². The number of esters is 1. The molecule has 3 heteroatoms. The third kappa shape index (κ3) is 5.20. The molecule has 0 spiro atoms. The molecule has 3 nitrogen and oxygen atoms in total. The molecule has 0 fully saturated rings. The molecule has 0 bridgehead atoms. The van der Waals surface area contributed by atoms with Crippen LogP contribution in [0.5, 0.6) is 0 Å². The number of carbonyl (C=O) groups excluding carboxylic acids is 1. The first-order valence-corrected chi connectivity index (χ1v) is 5.75. The summed E-state index contributed by atoms with van der Waals surface area (Å²) in [5, 5.41) is 0. The van der Waals surface area contributed by atoms with E-state index >= 15 is 0 Å². The van der Waals surface area contributed by atoms with E-state index in [0.29, 0.717) is 12.8 Å². The van der Waals surface area contributed by atoms with Gasteiger partial charge < -0.3 is 9.47 Å². The van der Waals surface area contributed by atoms with Crippen LogP contribution in [0.3, 0.4) is 0 Å². The van der Waals surface area contributed by atoms with Crippen molar-refractivity contribution >= 4 is 5.97 Å². The summed E-state index contributed by atoms with van der Waals surface area (Å²) in [6.45, 7) is 11.6. The van der Waals surface area contributed by atoms with Gasteiger partial charge in [0.1, 0.15) is 5.60 Å². The summed E-state index contributed by atoms with van der Waals surface area (Å²) in [5.41, 5.74) is -0.891. The lowest BCUT2D eigenvalue weighted by Gasteiger charge is -2.33. The second kappa shape index (κ2) is 7.03. The average Bonchev–Trinajstić information content (AvgIpc) is 2.35. The predicted molar refractivity (Wildman–Crippen MR) is 72.9 cm³/mol. The first-order chi connectivity index (χ1) is 8.34. The molecule has 0 radical (unpaired) electrons. The Bertz CT molecular complexity index is 371. The SMILES string of the molecule is C=CCC(C#CC(=O)OC)(CC(C)(C)C=C)OC. The molecule has 0 heterocycles. The largest absolute Gasteiger partial charge is 0.459 e. The fraction of sp³-hybridized carbons (Fsp3) is 0.533. The third-order valence-electron chi connectivity index (χ3n) is 2.74. The Morgan fingerprint density at radius 2 is 1.94 bits per heavy atom. The van der Waals surface area contributed by atoms with Gasteiger partial charge in [0, 0.05) is 19.5 Å². The molecule has 18 heavy (non-hydrogen) atoms. The maximum absolute atomic E-state index is 11.1. The summed E-state index contributed by atoms with van der Waals surface area (Å²) in [7, 11) is 2.88. The number of carbonyl (C=O) groups is 1. The first-order valence-electron chi connectivity index (χ1n) is 5.75. The Hall–Kier alpha value is -1.53. The van der Waals surface area contributed by atoms with E-state index < -0.39 is 11.6 Å². The molecular weight excluding hydrogens is 228 g/mol. The second-order valence-electron chi connectivity index (χ2n) is 4.80. The van der Waals surface area contributed by atoms with Gasteiger partial charge in [0.15, 0.2) is 0 Å².